The molecule has 0 bridgehead atoms. The van der Waals surface area contributed by atoms with Crippen molar-refractivity contribution in [2.24, 2.45) is 0 Å². The number of benzene rings is 2. The van der Waals surface area contributed by atoms with Crippen molar-refractivity contribution < 1.29 is 33.0 Å². The zero-order valence-corrected chi connectivity index (χ0v) is 31.0. The van der Waals surface area contributed by atoms with E-state index in [0.717, 1.165) is 31.3 Å². The van der Waals surface area contributed by atoms with E-state index >= 15 is 0 Å². The molecule has 255 valence electrons. The molecule has 2 aliphatic rings. The van der Waals surface area contributed by atoms with Crippen molar-refractivity contribution in [1.29, 1.82) is 10.5 Å². The van der Waals surface area contributed by atoms with Crippen molar-refractivity contribution >= 4 is 154 Å². The number of piperidine rings is 2. The van der Waals surface area contributed by atoms with Crippen LogP contribution in [-0.4, -0.2) is 185 Å². The minimum Gasteiger partial charge on any atom is -0.478 e. The van der Waals surface area contributed by atoms with Crippen LogP contribution in [0.3, 0.4) is 0 Å². The van der Waals surface area contributed by atoms with E-state index in [1.54, 1.807) is 12.1 Å². The number of hydrogen-bond acceptors (Lipinski definition) is 6. The highest BCUT2D eigenvalue weighted by Crippen LogP contribution is 2.26. The summed E-state index contributed by atoms with van der Waals surface area (Å²) in [5, 5.41) is 37.8. The van der Waals surface area contributed by atoms with Crippen LogP contribution < -0.4 is 10.2 Å². The highest BCUT2D eigenvalue weighted by Gasteiger charge is 2.21. The van der Waals surface area contributed by atoms with E-state index in [1.807, 2.05) is 11.0 Å². The number of aromatic carboxylic acids is 2. The van der Waals surface area contributed by atoms with Gasteiger partial charge in [-0.15, -0.1) is 12.4 Å². The Labute approximate surface area is 347 Å². The molecule has 2 aromatic carbocycles. The van der Waals surface area contributed by atoms with E-state index in [1.165, 1.54) is 19.2 Å². The molecule has 0 aromatic heterocycles. The van der Waals surface area contributed by atoms with Gasteiger partial charge in [0.25, 0.3) is 0 Å². The number of alkyl halides is 2. The van der Waals surface area contributed by atoms with Crippen molar-refractivity contribution in [3.8, 4) is 12.1 Å². The second kappa shape index (κ2) is 32.4. The SMILES string of the molecule is Cl.FC1CCNCC1.N#Cc1cc(C(=O)O)ccc1F.N#Cc1cc(C(=O)O)ccc1N1CCC(F)CC1.[B]B([B])B([B])[B].[B]B([B])[B].[B][B]B([B])B([B])[B]. The third kappa shape index (κ3) is 27.5. The van der Waals surface area contributed by atoms with Crippen LogP contribution in [0, 0.1) is 28.5 Å². The van der Waals surface area contributed by atoms with Gasteiger partial charge in [-0.25, -0.2) is 22.8 Å². The van der Waals surface area contributed by atoms with Crippen LogP contribution in [-0.2, 0) is 0 Å². The van der Waals surface area contributed by atoms with Gasteiger partial charge >= 0.3 is 11.9 Å². The summed E-state index contributed by atoms with van der Waals surface area (Å²) in [6.07, 6.45) is -1.76. The monoisotopic (exact) mass is 739 g/mol. The fourth-order valence-electron chi connectivity index (χ4n) is 3.78. The molecule has 0 aliphatic carbocycles. The van der Waals surface area contributed by atoms with Crippen molar-refractivity contribution in [3.05, 3.63) is 64.5 Å². The van der Waals surface area contributed by atoms with Crippen molar-refractivity contribution in [1.82, 2.24) is 5.32 Å². The van der Waals surface area contributed by atoms with Gasteiger partial charge in [-0.2, -0.15) is 10.5 Å². The molecule has 8 nitrogen and oxygen atoms in total. The summed E-state index contributed by atoms with van der Waals surface area (Å²) in [7, 11) is 55.4. The molecule has 23 radical (unpaired) electrons. The highest BCUT2D eigenvalue weighted by atomic mass is 35.5. The molecule has 0 unspecified atom stereocenters. The van der Waals surface area contributed by atoms with Crippen molar-refractivity contribution in [2.45, 2.75) is 38.0 Å². The third-order valence-corrected chi connectivity index (χ3v) is 6.84. The smallest absolute Gasteiger partial charge is 0.335 e. The van der Waals surface area contributed by atoms with Crippen LogP contribution in [0.4, 0.5) is 18.9 Å². The predicted octanol–water partition coefficient (Wildman–Crippen LogP) is -1.75. The van der Waals surface area contributed by atoms with Gasteiger partial charge in [0.05, 0.1) is 27.9 Å². The summed E-state index contributed by atoms with van der Waals surface area (Å²) in [5.74, 6) is -2.94. The number of nitrogens with zero attached hydrogens (tertiary/aromatic N) is 3. The van der Waals surface area contributed by atoms with Gasteiger partial charge < -0.3 is 20.4 Å². The summed E-state index contributed by atoms with van der Waals surface area (Å²) in [6.45, 7) is 2.84. The van der Waals surface area contributed by atoms with Gasteiger partial charge in [0.2, 0.25) is 0 Å². The molecule has 55 heavy (non-hydrogen) atoms. The van der Waals surface area contributed by atoms with E-state index in [9.17, 15) is 22.8 Å². The lowest BCUT2D eigenvalue weighted by Crippen LogP contribution is -2.43. The lowest BCUT2D eigenvalue weighted by Gasteiger charge is -2.31. The number of nitriles is 2. The van der Waals surface area contributed by atoms with Crippen molar-refractivity contribution in [3.63, 3.8) is 0 Å². The summed E-state index contributed by atoms with van der Waals surface area (Å²) in [6, 6.07) is 11.1. The minimum atomic E-state index is -1.17. The van der Waals surface area contributed by atoms with Gasteiger partial charge in [0.15, 0.2) is 0 Å². The Kier molecular flexibility index (Phi) is 33.4. The Balaban J connectivity index is -0.000000637. The highest BCUT2D eigenvalue weighted by molar-refractivity contribution is 7.81. The summed E-state index contributed by atoms with van der Waals surface area (Å²) in [5.41, 5.74) is 0.764. The number of hydrogen-bond donors (Lipinski definition) is 3. The number of carboxylic acid groups (broad SMARTS) is 2. The van der Waals surface area contributed by atoms with E-state index in [0.29, 0.717) is 50.0 Å². The number of carbonyl (C=O) groups is 2. The van der Waals surface area contributed by atoms with Crippen molar-refractivity contribution in [2.75, 3.05) is 31.1 Å². The molecule has 3 N–H and O–H groups in total. The number of carboxylic acids is 2. The van der Waals surface area contributed by atoms with Crippen LogP contribution in [0.2, 0.25) is 0 Å². The van der Waals surface area contributed by atoms with E-state index in [-0.39, 0.29) is 35.5 Å². The quantitative estimate of drug-likeness (QED) is 0.297. The Hall–Kier alpha value is -2.70. The molecule has 2 heterocycles. The Bertz CT molecular complexity index is 1460. The summed E-state index contributed by atoms with van der Waals surface area (Å²) < 4.78 is 37.8. The zero-order chi connectivity index (χ0) is 42.0. The van der Waals surface area contributed by atoms with Gasteiger partial charge in [0, 0.05) is 137 Å². The van der Waals surface area contributed by atoms with E-state index in [2.05, 4.69) is 28.5 Å². The first-order valence-electron chi connectivity index (χ1n) is 16.3. The molecule has 0 saturated carbocycles. The van der Waals surface area contributed by atoms with Crippen LogP contribution >= 0.6 is 12.4 Å². The third-order valence-electron chi connectivity index (χ3n) is 6.84. The molecule has 2 aromatic rings. The average Bonchev–Trinajstić information content (AvgIpc) is 3.12. The van der Waals surface area contributed by atoms with Crippen LogP contribution in [0.5, 0.6) is 0 Å². The van der Waals surface area contributed by atoms with Crippen LogP contribution in [0.15, 0.2) is 36.4 Å². The zero-order valence-electron chi connectivity index (χ0n) is 30.2. The number of rotatable bonds is 6. The average molecular weight is 737 g/mol. The van der Waals surface area contributed by atoms with Gasteiger partial charge in [-0.05, 0) is 75.2 Å². The molecular weight excluding hydrogens is 709 g/mol. The Morgan fingerprint density at radius 1 is 0.745 bits per heavy atom. The topological polar surface area (TPSA) is 137 Å². The molecular formula is C26H28B17ClF3N4O4. The molecule has 2 aliphatic heterocycles. The Morgan fingerprint density at radius 2 is 1.15 bits per heavy atom. The lowest BCUT2D eigenvalue weighted by atomic mass is 8.76. The normalized spacial score (nSPS) is 12.7. The molecule has 29 heteroatoms. The fraction of sp³-hybridized carbons (Fsp3) is 0.385. The second-order valence-corrected chi connectivity index (χ2v) is 11.4. The molecule has 0 atom stereocenters. The van der Waals surface area contributed by atoms with Gasteiger partial charge in [-0.1, -0.05) is 0 Å². The maximum atomic E-state index is 13.1. The molecule has 2 fully saturated rings. The minimum absolute atomic E-state index is 0. The number of anilines is 1. The summed E-state index contributed by atoms with van der Waals surface area (Å²) >= 11 is 0. The lowest BCUT2D eigenvalue weighted by molar-refractivity contribution is 0.0686. The maximum absolute atomic E-state index is 13.1. The molecule has 0 amide bonds. The van der Waals surface area contributed by atoms with Crippen LogP contribution in [0.1, 0.15) is 57.5 Å². The predicted molar refractivity (Wildman–Crippen MR) is 235 cm³/mol. The maximum Gasteiger partial charge on any atom is 0.335 e. The first kappa shape index (κ1) is 56.6. The van der Waals surface area contributed by atoms with E-state index < -0.39 is 55.6 Å². The fourth-order valence-corrected chi connectivity index (χ4v) is 3.78. The molecule has 4 rings (SSSR count). The Morgan fingerprint density at radius 3 is 1.45 bits per heavy atom. The van der Waals surface area contributed by atoms with Crippen LogP contribution in [0.25, 0.3) is 0 Å². The summed E-state index contributed by atoms with van der Waals surface area (Å²) in [4.78, 5) is 23.1. The second-order valence-electron chi connectivity index (χ2n) is 11.4. The molecule has 2 saturated heterocycles. The first-order valence-corrected chi connectivity index (χ1v) is 16.3. The van der Waals surface area contributed by atoms with Gasteiger partial charge in [0.1, 0.15) is 30.3 Å². The largest absolute Gasteiger partial charge is 0.478 e. The standard InChI is InChI=1S/C13H13FN2O2.C8H4FNO2.C5H10FN.B7.B6.B4.ClH/c14-11-3-5-16(6-4-11)12-2-1-9(13(17)18)7-10(12)8-15;9-7-2-1-5(8(11)12)3-6(7)4-10;6-5-1-3-7-4-2-5;1-5-7(4)6(2)3;1-5(2)6(3)4;1-4(2)3;/h1-2,7,11H,3-6H2,(H,17,18);1-3H,(H,11,12);5,7H,1-4H2;;;;1H. The molecule has 0 spiro atoms. The number of halogens is 4. The first-order chi connectivity index (χ1) is 25.2. The van der Waals surface area contributed by atoms with E-state index in [4.69, 9.17) is 82.6 Å². The number of nitrogens with one attached hydrogen (secondary N) is 1. The van der Waals surface area contributed by atoms with Gasteiger partial charge in [-0.3, -0.25) is 0 Å².